The Kier molecular flexibility index (Phi) is 12.4. The Hall–Kier alpha value is -5.23. The number of nitrogens with one attached hydrogen (secondary N) is 3. The lowest BCUT2D eigenvalue weighted by molar-refractivity contribution is -0.143. The number of anilines is 1. The Balaban J connectivity index is 2.05. The maximum absolute atomic E-state index is 14.8. The summed E-state index contributed by atoms with van der Waals surface area (Å²) in [6.07, 6.45) is -0.394. The van der Waals surface area contributed by atoms with Crippen LogP contribution in [0, 0.1) is 0 Å². The summed E-state index contributed by atoms with van der Waals surface area (Å²) < 4.78 is 4.91. The monoisotopic (exact) mass is 602 g/mol. The zero-order valence-electron chi connectivity index (χ0n) is 24.5. The first-order valence-electron chi connectivity index (χ1n) is 14.1. The number of rotatable bonds is 16. The number of carbonyl (C=O) groups is 4. The SMILES string of the molecule is CCOC(=O)Nc1ccc(CN[C@@](CCCN=C(N)N)(C(=O)NCC(=O)O)C(=O)C(c2ccccc2)c2ccccc2)cc1. The molecule has 44 heavy (non-hydrogen) atoms. The minimum Gasteiger partial charge on any atom is -0.480 e. The van der Waals surface area contributed by atoms with Crippen molar-refractivity contribution in [3.05, 3.63) is 102 Å². The lowest BCUT2D eigenvalue weighted by Gasteiger charge is -2.35. The van der Waals surface area contributed by atoms with Crippen LogP contribution in [0.1, 0.15) is 42.4 Å². The molecule has 0 unspecified atom stereocenters. The van der Waals surface area contributed by atoms with E-state index in [1.54, 1.807) is 31.2 Å². The zero-order chi connectivity index (χ0) is 32.0. The fourth-order valence-corrected chi connectivity index (χ4v) is 4.74. The maximum Gasteiger partial charge on any atom is 0.411 e. The van der Waals surface area contributed by atoms with Gasteiger partial charge in [-0.1, -0.05) is 72.8 Å². The zero-order valence-corrected chi connectivity index (χ0v) is 24.5. The Morgan fingerprint density at radius 2 is 1.50 bits per heavy atom. The first kappa shape index (κ1) is 33.3. The van der Waals surface area contributed by atoms with E-state index in [9.17, 15) is 24.3 Å². The van der Waals surface area contributed by atoms with Crippen molar-refractivity contribution in [2.24, 2.45) is 16.5 Å². The summed E-state index contributed by atoms with van der Waals surface area (Å²) in [5.41, 5.74) is 11.7. The van der Waals surface area contributed by atoms with Crippen LogP contribution in [-0.2, 0) is 25.7 Å². The van der Waals surface area contributed by atoms with Crippen molar-refractivity contribution >= 4 is 35.4 Å². The molecule has 2 amide bonds. The van der Waals surface area contributed by atoms with Crippen molar-refractivity contribution in [1.82, 2.24) is 10.6 Å². The molecule has 12 nitrogen and oxygen atoms in total. The average molecular weight is 603 g/mol. The van der Waals surface area contributed by atoms with Crippen molar-refractivity contribution in [3.63, 3.8) is 0 Å². The van der Waals surface area contributed by atoms with Crippen LogP contribution in [0.3, 0.4) is 0 Å². The molecule has 8 N–H and O–H groups in total. The quantitative estimate of drug-likeness (QED) is 0.0618. The molecule has 0 aromatic heterocycles. The van der Waals surface area contributed by atoms with Gasteiger partial charge in [-0.3, -0.25) is 30.0 Å². The van der Waals surface area contributed by atoms with Crippen LogP contribution in [0.25, 0.3) is 0 Å². The lowest BCUT2D eigenvalue weighted by atomic mass is 9.75. The summed E-state index contributed by atoms with van der Waals surface area (Å²) in [5, 5.41) is 17.6. The highest BCUT2D eigenvalue weighted by atomic mass is 16.5. The third-order valence-electron chi connectivity index (χ3n) is 6.81. The molecule has 0 fully saturated rings. The number of aliphatic imine (C=N–C) groups is 1. The van der Waals surface area contributed by atoms with Gasteiger partial charge in [-0.15, -0.1) is 0 Å². The normalized spacial score (nSPS) is 12.0. The summed E-state index contributed by atoms with van der Waals surface area (Å²) in [4.78, 5) is 56.0. The van der Waals surface area contributed by atoms with E-state index in [0.29, 0.717) is 22.4 Å². The van der Waals surface area contributed by atoms with E-state index in [1.165, 1.54) is 0 Å². The summed E-state index contributed by atoms with van der Waals surface area (Å²) in [6.45, 7) is 1.44. The third-order valence-corrected chi connectivity index (χ3v) is 6.81. The lowest BCUT2D eigenvalue weighted by Crippen LogP contribution is -2.63. The Morgan fingerprint density at radius 1 is 0.909 bits per heavy atom. The van der Waals surface area contributed by atoms with Gasteiger partial charge in [0.15, 0.2) is 17.3 Å². The number of carboxylic acid groups (broad SMARTS) is 1. The van der Waals surface area contributed by atoms with Crippen LogP contribution in [0.15, 0.2) is 89.9 Å². The number of Topliss-reactive ketones (excluding diaryl/α,β-unsaturated/α-hetero) is 1. The molecule has 0 spiro atoms. The largest absolute Gasteiger partial charge is 0.480 e. The second kappa shape index (κ2) is 16.4. The molecule has 0 bridgehead atoms. The van der Waals surface area contributed by atoms with Crippen LogP contribution < -0.4 is 27.4 Å². The molecule has 0 aliphatic rings. The average Bonchev–Trinajstić information content (AvgIpc) is 3.01. The van der Waals surface area contributed by atoms with Crippen LogP contribution in [-0.4, -0.2) is 60.1 Å². The van der Waals surface area contributed by atoms with Gasteiger partial charge in [0.25, 0.3) is 0 Å². The number of guanidine groups is 1. The molecule has 0 saturated carbocycles. The first-order chi connectivity index (χ1) is 21.2. The molecule has 0 aliphatic carbocycles. The van der Waals surface area contributed by atoms with Gasteiger partial charge < -0.3 is 26.6 Å². The summed E-state index contributed by atoms with van der Waals surface area (Å²) in [6, 6.07) is 24.9. The topological polar surface area (TPSA) is 198 Å². The number of nitrogens with two attached hydrogens (primary N) is 2. The minimum absolute atomic E-state index is 0.0350. The Morgan fingerprint density at radius 3 is 2.02 bits per heavy atom. The van der Waals surface area contributed by atoms with Gasteiger partial charge in [0.2, 0.25) is 5.91 Å². The van der Waals surface area contributed by atoms with E-state index in [-0.39, 0.29) is 38.5 Å². The molecule has 3 aromatic carbocycles. The van der Waals surface area contributed by atoms with Crippen LogP contribution in [0.2, 0.25) is 0 Å². The maximum atomic E-state index is 14.8. The smallest absolute Gasteiger partial charge is 0.411 e. The van der Waals surface area contributed by atoms with Gasteiger partial charge in [-0.2, -0.15) is 0 Å². The summed E-state index contributed by atoms with van der Waals surface area (Å²) in [7, 11) is 0. The van der Waals surface area contributed by atoms with Gasteiger partial charge >= 0.3 is 12.1 Å². The van der Waals surface area contributed by atoms with E-state index in [1.807, 2.05) is 60.7 Å². The van der Waals surface area contributed by atoms with E-state index < -0.39 is 41.8 Å². The van der Waals surface area contributed by atoms with E-state index in [2.05, 4.69) is 20.9 Å². The number of hydrogen-bond acceptors (Lipinski definition) is 7. The fourth-order valence-electron chi connectivity index (χ4n) is 4.74. The van der Waals surface area contributed by atoms with Crippen molar-refractivity contribution in [2.75, 3.05) is 25.0 Å². The molecule has 1 atom stereocenters. The number of carboxylic acids is 1. The predicted octanol–water partition coefficient (Wildman–Crippen LogP) is 2.74. The van der Waals surface area contributed by atoms with Crippen LogP contribution >= 0.6 is 0 Å². The van der Waals surface area contributed by atoms with Crippen molar-refractivity contribution in [3.8, 4) is 0 Å². The molecule has 232 valence electrons. The van der Waals surface area contributed by atoms with Gasteiger partial charge in [0, 0.05) is 18.8 Å². The predicted molar refractivity (Wildman–Crippen MR) is 167 cm³/mol. The molecule has 3 aromatic rings. The van der Waals surface area contributed by atoms with Gasteiger partial charge in [0.05, 0.1) is 12.5 Å². The third kappa shape index (κ3) is 9.39. The number of hydrogen-bond donors (Lipinski definition) is 6. The fraction of sp³-hybridized carbons (Fsp3) is 0.281. The highest BCUT2D eigenvalue weighted by Crippen LogP contribution is 2.32. The first-order valence-corrected chi connectivity index (χ1v) is 14.1. The second-order valence-electron chi connectivity index (χ2n) is 9.91. The van der Waals surface area contributed by atoms with Crippen LogP contribution in [0.4, 0.5) is 10.5 Å². The van der Waals surface area contributed by atoms with E-state index in [0.717, 1.165) is 0 Å². The number of ether oxygens (including phenoxy) is 1. The van der Waals surface area contributed by atoms with Crippen molar-refractivity contribution in [2.45, 2.75) is 37.8 Å². The van der Waals surface area contributed by atoms with E-state index in [4.69, 9.17) is 16.2 Å². The standard InChI is InChI=1S/C32H38N6O6/c1-2-44-31(43)38-25-16-14-22(15-17-25)20-37-32(18-9-19-35-30(33)34,29(42)36-21-26(39)40)28(41)27(23-10-5-3-6-11-23)24-12-7-4-8-13-24/h3-8,10-17,27,37H,2,9,18-21H2,1H3,(H,36,42)(H,38,43)(H,39,40)(H4,33,34,35)/t32-/m1/s1. The molecule has 12 heteroatoms. The number of nitrogens with zero attached hydrogens (tertiary/aromatic N) is 1. The molecular formula is C32H38N6O6. The van der Waals surface area contributed by atoms with Gasteiger partial charge in [-0.05, 0) is 48.6 Å². The number of benzene rings is 3. The van der Waals surface area contributed by atoms with Gasteiger partial charge in [-0.25, -0.2) is 4.79 Å². The van der Waals surface area contributed by atoms with E-state index >= 15 is 0 Å². The Labute approximate surface area is 255 Å². The van der Waals surface area contributed by atoms with Crippen LogP contribution in [0.5, 0.6) is 0 Å². The van der Waals surface area contributed by atoms with Crippen molar-refractivity contribution < 1.29 is 29.0 Å². The molecule has 3 rings (SSSR count). The Bertz CT molecular complexity index is 1390. The second-order valence-corrected chi connectivity index (χ2v) is 9.91. The number of ketones is 1. The summed E-state index contributed by atoms with van der Waals surface area (Å²) in [5.74, 6) is -3.50. The molecule has 0 heterocycles. The minimum atomic E-state index is -1.88. The van der Waals surface area contributed by atoms with Crippen molar-refractivity contribution in [1.29, 1.82) is 0 Å². The number of aliphatic carboxylic acids is 1. The van der Waals surface area contributed by atoms with Gasteiger partial charge in [0.1, 0.15) is 6.54 Å². The molecule has 0 aliphatic heterocycles. The highest BCUT2D eigenvalue weighted by molar-refractivity contribution is 6.14. The molecule has 0 saturated heterocycles. The number of amides is 2. The summed E-state index contributed by atoms with van der Waals surface area (Å²) >= 11 is 0. The molecular weight excluding hydrogens is 564 g/mol. The number of carbonyl (C=O) groups excluding carboxylic acids is 3. The molecule has 0 radical (unpaired) electrons. The highest BCUT2D eigenvalue weighted by Gasteiger charge is 2.48.